The summed E-state index contributed by atoms with van der Waals surface area (Å²) in [5.41, 5.74) is 1.12. The third kappa shape index (κ3) is 5.57. The number of sulfonamides is 1. The number of hydrogen-bond donors (Lipinski definition) is 2. The highest BCUT2D eigenvalue weighted by Gasteiger charge is 2.27. The summed E-state index contributed by atoms with van der Waals surface area (Å²) in [5, 5.41) is 5.58. The summed E-state index contributed by atoms with van der Waals surface area (Å²) in [6.07, 6.45) is 7.00. The van der Waals surface area contributed by atoms with E-state index in [1.807, 2.05) is 0 Å². The maximum Gasteiger partial charge on any atom is 0.243 e. The zero-order valence-corrected chi connectivity index (χ0v) is 17.9. The Kier molecular flexibility index (Phi) is 7.29. The minimum Gasteiger partial charge on any atom is -0.355 e. The smallest absolute Gasteiger partial charge is 0.243 e. The van der Waals surface area contributed by atoms with Gasteiger partial charge in [0.05, 0.1) is 4.90 Å². The van der Waals surface area contributed by atoms with Crippen LogP contribution in [0.25, 0.3) is 0 Å². The summed E-state index contributed by atoms with van der Waals surface area (Å²) >= 11 is 0. The fraction of sp³-hybridized carbons (Fsp3) is 0.619. The molecule has 2 amide bonds. The quantitative estimate of drug-likeness (QED) is 0.708. The molecule has 8 heteroatoms. The third-order valence-electron chi connectivity index (χ3n) is 5.78. The molecule has 2 N–H and O–H groups in total. The number of benzene rings is 1. The first-order valence-corrected chi connectivity index (χ1v) is 12.0. The van der Waals surface area contributed by atoms with Gasteiger partial charge in [-0.15, -0.1) is 0 Å². The zero-order valence-electron chi connectivity index (χ0n) is 17.1. The van der Waals surface area contributed by atoms with Gasteiger partial charge in [-0.1, -0.05) is 25.3 Å². The molecule has 2 fully saturated rings. The van der Waals surface area contributed by atoms with Gasteiger partial charge in [0.25, 0.3) is 0 Å². The maximum absolute atomic E-state index is 13.0. The van der Waals surface area contributed by atoms with Crippen LogP contribution in [0.1, 0.15) is 56.9 Å². The molecule has 0 bridgehead atoms. The van der Waals surface area contributed by atoms with Crippen LogP contribution in [0, 0.1) is 12.8 Å². The molecule has 160 valence electrons. The molecule has 2 aliphatic rings. The van der Waals surface area contributed by atoms with E-state index in [0.29, 0.717) is 24.3 Å². The van der Waals surface area contributed by atoms with Gasteiger partial charge in [0.15, 0.2) is 0 Å². The largest absolute Gasteiger partial charge is 0.355 e. The molecule has 1 aliphatic heterocycles. The predicted octanol–water partition coefficient (Wildman–Crippen LogP) is 2.80. The fourth-order valence-corrected chi connectivity index (χ4v) is 5.82. The lowest BCUT2D eigenvalue weighted by Gasteiger charge is -2.26. The Morgan fingerprint density at radius 2 is 1.76 bits per heavy atom. The van der Waals surface area contributed by atoms with Gasteiger partial charge >= 0.3 is 0 Å². The van der Waals surface area contributed by atoms with E-state index in [1.165, 1.54) is 10.4 Å². The van der Waals surface area contributed by atoms with E-state index >= 15 is 0 Å². The molecule has 0 atom stereocenters. The normalized spacial score (nSPS) is 18.5. The summed E-state index contributed by atoms with van der Waals surface area (Å²) < 4.78 is 27.5. The topological polar surface area (TPSA) is 95.6 Å². The number of anilines is 1. The monoisotopic (exact) mass is 421 g/mol. The van der Waals surface area contributed by atoms with Crippen molar-refractivity contribution in [3.05, 3.63) is 23.8 Å². The second kappa shape index (κ2) is 9.71. The number of nitrogens with zero attached hydrogens (tertiary/aromatic N) is 1. The molecule has 3 rings (SSSR count). The summed E-state index contributed by atoms with van der Waals surface area (Å²) in [6.45, 7) is 3.13. The van der Waals surface area contributed by atoms with E-state index in [1.54, 1.807) is 19.1 Å². The van der Waals surface area contributed by atoms with Gasteiger partial charge < -0.3 is 10.6 Å². The Balaban J connectivity index is 1.57. The van der Waals surface area contributed by atoms with Crippen molar-refractivity contribution < 1.29 is 18.0 Å². The number of nitrogens with one attached hydrogen (secondary N) is 2. The first-order chi connectivity index (χ1) is 13.9. The van der Waals surface area contributed by atoms with E-state index < -0.39 is 10.0 Å². The molecule has 1 heterocycles. The third-order valence-corrected chi connectivity index (χ3v) is 7.82. The second-order valence-electron chi connectivity index (χ2n) is 8.02. The van der Waals surface area contributed by atoms with Crippen molar-refractivity contribution in [2.45, 2.75) is 63.2 Å². The number of carbonyl (C=O) groups excluding carboxylic acids is 2. The molecule has 7 nitrogen and oxygen atoms in total. The van der Waals surface area contributed by atoms with E-state index in [9.17, 15) is 18.0 Å². The Labute approximate surface area is 173 Å². The van der Waals surface area contributed by atoms with Gasteiger partial charge in [0, 0.05) is 37.7 Å². The SMILES string of the molecule is Cc1ccc(NC(=O)CCNC(=O)C2CCCC2)cc1S(=O)(=O)N1CCCCC1. The van der Waals surface area contributed by atoms with Crippen molar-refractivity contribution in [1.82, 2.24) is 9.62 Å². The molecule has 0 unspecified atom stereocenters. The van der Waals surface area contributed by atoms with Crippen LogP contribution in [-0.2, 0) is 19.6 Å². The minimum absolute atomic E-state index is 0.0283. The van der Waals surface area contributed by atoms with Crippen LogP contribution in [0.5, 0.6) is 0 Å². The molecule has 0 radical (unpaired) electrons. The average Bonchev–Trinajstić information content (AvgIpc) is 3.25. The molecule has 1 saturated heterocycles. The predicted molar refractivity (Wildman–Crippen MR) is 112 cm³/mol. The second-order valence-corrected chi connectivity index (χ2v) is 9.92. The lowest BCUT2D eigenvalue weighted by atomic mass is 10.1. The summed E-state index contributed by atoms with van der Waals surface area (Å²) in [7, 11) is -3.56. The highest BCUT2D eigenvalue weighted by atomic mass is 32.2. The first kappa shape index (κ1) is 21.8. The van der Waals surface area contributed by atoms with Gasteiger partial charge in [-0.3, -0.25) is 9.59 Å². The van der Waals surface area contributed by atoms with Crippen molar-refractivity contribution in [2.75, 3.05) is 25.0 Å². The Bertz CT molecular complexity index is 841. The molecule has 1 aliphatic carbocycles. The maximum atomic E-state index is 13.0. The van der Waals surface area contributed by atoms with E-state index in [4.69, 9.17) is 0 Å². The summed E-state index contributed by atoms with van der Waals surface area (Å²) in [6, 6.07) is 4.96. The number of amides is 2. The van der Waals surface area contributed by atoms with Crippen LogP contribution >= 0.6 is 0 Å². The molecule has 0 aromatic heterocycles. The van der Waals surface area contributed by atoms with Crippen molar-refractivity contribution in [3.63, 3.8) is 0 Å². The Morgan fingerprint density at radius 1 is 1.07 bits per heavy atom. The van der Waals surface area contributed by atoms with Crippen molar-refractivity contribution in [3.8, 4) is 0 Å². The number of aryl methyl sites for hydroxylation is 1. The molecular weight excluding hydrogens is 390 g/mol. The van der Waals surface area contributed by atoms with Crippen LogP contribution in [0.4, 0.5) is 5.69 Å². The molecule has 1 saturated carbocycles. The lowest BCUT2D eigenvalue weighted by molar-refractivity contribution is -0.124. The highest BCUT2D eigenvalue weighted by molar-refractivity contribution is 7.89. The fourth-order valence-electron chi connectivity index (χ4n) is 4.06. The molecule has 0 spiro atoms. The number of carbonyl (C=O) groups is 2. The van der Waals surface area contributed by atoms with Crippen molar-refractivity contribution >= 4 is 27.5 Å². The highest BCUT2D eigenvalue weighted by Crippen LogP contribution is 2.26. The zero-order chi connectivity index (χ0) is 20.9. The van der Waals surface area contributed by atoms with Gasteiger partial charge in [-0.05, 0) is 50.3 Å². The van der Waals surface area contributed by atoms with Crippen LogP contribution in [0.15, 0.2) is 23.1 Å². The van der Waals surface area contributed by atoms with E-state index in [-0.39, 0.29) is 35.6 Å². The molecule has 29 heavy (non-hydrogen) atoms. The standard InChI is InChI=1S/C21H31N3O4S/c1-16-9-10-18(15-19(16)29(27,28)24-13-5-2-6-14-24)23-20(25)11-12-22-21(26)17-7-3-4-8-17/h9-10,15,17H,2-8,11-14H2,1H3,(H,22,26)(H,23,25). The van der Waals surface area contributed by atoms with Crippen LogP contribution < -0.4 is 10.6 Å². The van der Waals surface area contributed by atoms with Gasteiger partial charge in [-0.2, -0.15) is 4.31 Å². The Hall–Kier alpha value is -1.93. The Morgan fingerprint density at radius 3 is 2.45 bits per heavy atom. The lowest BCUT2D eigenvalue weighted by Crippen LogP contribution is -2.36. The van der Waals surface area contributed by atoms with E-state index in [2.05, 4.69) is 10.6 Å². The number of piperidine rings is 1. The van der Waals surface area contributed by atoms with Gasteiger partial charge in [-0.25, -0.2) is 8.42 Å². The minimum atomic E-state index is -3.56. The van der Waals surface area contributed by atoms with Gasteiger partial charge in [0.2, 0.25) is 21.8 Å². The molecular formula is C21H31N3O4S. The number of rotatable bonds is 7. The van der Waals surface area contributed by atoms with E-state index in [0.717, 1.165) is 44.9 Å². The van der Waals surface area contributed by atoms with Crippen LogP contribution in [0.2, 0.25) is 0 Å². The van der Waals surface area contributed by atoms with Crippen LogP contribution in [-0.4, -0.2) is 44.2 Å². The number of hydrogen-bond acceptors (Lipinski definition) is 4. The van der Waals surface area contributed by atoms with Crippen molar-refractivity contribution in [1.29, 1.82) is 0 Å². The average molecular weight is 422 g/mol. The summed E-state index contributed by atoms with van der Waals surface area (Å²) in [4.78, 5) is 24.5. The molecule has 1 aromatic carbocycles. The first-order valence-electron chi connectivity index (χ1n) is 10.6. The van der Waals surface area contributed by atoms with Crippen molar-refractivity contribution in [2.24, 2.45) is 5.92 Å². The molecule has 1 aromatic rings. The van der Waals surface area contributed by atoms with Gasteiger partial charge in [0.1, 0.15) is 0 Å². The van der Waals surface area contributed by atoms with Crippen LogP contribution in [0.3, 0.4) is 0 Å². The summed E-state index contributed by atoms with van der Waals surface area (Å²) in [5.74, 6) is -0.139.